The lowest BCUT2D eigenvalue weighted by Crippen LogP contribution is -2.10. The fraction of sp³-hybridized carbons (Fsp3) is 0.167. The highest BCUT2D eigenvalue weighted by Crippen LogP contribution is 2.23. The van der Waals surface area contributed by atoms with E-state index in [-0.39, 0.29) is 5.56 Å². The van der Waals surface area contributed by atoms with Crippen LogP contribution in [0.2, 0.25) is 0 Å². The lowest BCUT2D eigenvalue weighted by atomic mass is 10.2. The third kappa shape index (κ3) is 4.02. The number of aromatic carboxylic acids is 1. The molecule has 7 heteroatoms. The summed E-state index contributed by atoms with van der Waals surface area (Å²) in [4.78, 5) is 20.1. The largest absolute Gasteiger partial charge is 0.478 e. The maximum atomic E-state index is 11.1. The van der Waals surface area contributed by atoms with Crippen LogP contribution in [-0.4, -0.2) is 41.3 Å². The van der Waals surface area contributed by atoms with Gasteiger partial charge in [-0.25, -0.2) is 9.78 Å². The minimum Gasteiger partial charge on any atom is -0.478 e. The molecule has 25 heavy (non-hydrogen) atoms. The molecule has 0 saturated carbocycles. The third-order valence-electron chi connectivity index (χ3n) is 3.57. The van der Waals surface area contributed by atoms with E-state index in [1.165, 1.54) is 6.07 Å². The molecule has 0 aliphatic heterocycles. The number of methoxy groups -OCH3 is 1. The molecule has 3 rings (SSSR count). The van der Waals surface area contributed by atoms with Crippen molar-refractivity contribution in [1.82, 2.24) is 9.97 Å². The van der Waals surface area contributed by atoms with Gasteiger partial charge in [0.1, 0.15) is 5.82 Å². The normalized spacial score (nSPS) is 10.6. The fourth-order valence-electron chi connectivity index (χ4n) is 2.40. The zero-order valence-corrected chi connectivity index (χ0v) is 13.7. The van der Waals surface area contributed by atoms with Crippen LogP contribution in [0.15, 0.2) is 48.5 Å². The predicted molar refractivity (Wildman–Crippen MR) is 96.6 cm³/mol. The monoisotopic (exact) mass is 338 g/mol. The summed E-state index contributed by atoms with van der Waals surface area (Å²) >= 11 is 0. The molecule has 0 amide bonds. The number of benzene rings is 2. The number of hydrogen-bond donors (Lipinski definition) is 3. The van der Waals surface area contributed by atoms with Crippen LogP contribution in [0.1, 0.15) is 10.4 Å². The molecule has 0 saturated heterocycles. The number of aromatic nitrogens is 2. The number of nitrogens with one attached hydrogen (secondary N) is 2. The first-order chi connectivity index (χ1) is 12.2. The van der Waals surface area contributed by atoms with Crippen molar-refractivity contribution in [2.45, 2.75) is 0 Å². The number of nitrogens with zero attached hydrogens (tertiary/aromatic N) is 2. The Morgan fingerprint density at radius 3 is 2.80 bits per heavy atom. The number of carbonyl (C=O) groups is 1. The van der Waals surface area contributed by atoms with Gasteiger partial charge >= 0.3 is 5.97 Å². The standard InChI is InChI=1S/C18H18N4O3/c1-25-10-9-19-16-14-7-2-3-8-15(14)21-18(22-16)20-13-6-4-5-12(11-13)17(23)24/h2-8,11H,9-10H2,1H3,(H,23,24)(H2,19,20,21,22). The summed E-state index contributed by atoms with van der Waals surface area (Å²) in [5.41, 5.74) is 1.59. The number of hydrogen-bond acceptors (Lipinski definition) is 6. The number of fused-ring (bicyclic) bond motifs is 1. The Kier molecular flexibility index (Phi) is 5.06. The summed E-state index contributed by atoms with van der Waals surface area (Å²) in [5, 5.41) is 16.3. The van der Waals surface area contributed by atoms with E-state index in [1.54, 1.807) is 25.3 Å². The third-order valence-corrected chi connectivity index (χ3v) is 3.57. The molecule has 0 aliphatic carbocycles. The Balaban J connectivity index is 1.93. The summed E-state index contributed by atoms with van der Waals surface area (Å²) in [6.07, 6.45) is 0. The van der Waals surface area contributed by atoms with Crippen molar-refractivity contribution in [3.8, 4) is 0 Å². The van der Waals surface area contributed by atoms with E-state index >= 15 is 0 Å². The molecule has 0 atom stereocenters. The second-order valence-electron chi connectivity index (χ2n) is 5.34. The van der Waals surface area contributed by atoms with E-state index in [9.17, 15) is 4.79 Å². The summed E-state index contributed by atoms with van der Waals surface area (Å²) in [6, 6.07) is 14.2. The van der Waals surface area contributed by atoms with Crippen molar-refractivity contribution in [2.75, 3.05) is 30.9 Å². The molecule has 3 N–H and O–H groups in total. The molecule has 2 aromatic carbocycles. The molecule has 0 bridgehead atoms. The van der Waals surface area contributed by atoms with Gasteiger partial charge in [0, 0.05) is 24.7 Å². The molecule has 0 aliphatic rings. The summed E-state index contributed by atoms with van der Waals surface area (Å²) in [7, 11) is 1.64. The molecule has 1 heterocycles. The van der Waals surface area contributed by atoms with E-state index in [2.05, 4.69) is 20.6 Å². The van der Waals surface area contributed by atoms with Gasteiger partial charge in [-0.2, -0.15) is 4.98 Å². The average molecular weight is 338 g/mol. The maximum absolute atomic E-state index is 11.1. The van der Waals surface area contributed by atoms with E-state index < -0.39 is 5.97 Å². The van der Waals surface area contributed by atoms with Crippen molar-refractivity contribution in [1.29, 1.82) is 0 Å². The van der Waals surface area contributed by atoms with Crippen molar-refractivity contribution in [3.63, 3.8) is 0 Å². The molecule has 128 valence electrons. The van der Waals surface area contributed by atoms with Crippen LogP contribution in [0.3, 0.4) is 0 Å². The van der Waals surface area contributed by atoms with Crippen molar-refractivity contribution in [2.24, 2.45) is 0 Å². The smallest absolute Gasteiger partial charge is 0.335 e. The molecule has 7 nitrogen and oxygen atoms in total. The summed E-state index contributed by atoms with van der Waals surface area (Å²) in [5.74, 6) is 0.102. The lowest BCUT2D eigenvalue weighted by Gasteiger charge is -2.12. The zero-order valence-electron chi connectivity index (χ0n) is 13.7. The van der Waals surface area contributed by atoms with Crippen LogP contribution in [0.4, 0.5) is 17.5 Å². The topological polar surface area (TPSA) is 96.4 Å². The van der Waals surface area contributed by atoms with Crippen molar-refractivity contribution < 1.29 is 14.6 Å². The van der Waals surface area contributed by atoms with Gasteiger partial charge < -0.3 is 20.5 Å². The summed E-state index contributed by atoms with van der Waals surface area (Å²) < 4.78 is 5.06. The van der Waals surface area contributed by atoms with Crippen LogP contribution < -0.4 is 10.6 Å². The Bertz CT molecular complexity index is 898. The molecule has 0 spiro atoms. The second kappa shape index (κ2) is 7.59. The average Bonchev–Trinajstić information content (AvgIpc) is 2.62. The van der Waals surface area contributed by atoms with E-state index in [1.807, 2.05) is 24.3 Å². The van der Waals surface area contributed by atoms with E-state index in [4.69, 9.17) is 9.84 Å². The highest BCUT2D eigenvalue weighted by Gasteiger charge is 2.09. The molecule has 0 radical (unpaired) electrons. The zero-order chi connectivity index (χ0) is 17.6. The molecule has 3 aromatic rings. The molecule has 1 aromatic heterocycles. The van der Waals surface area contributed by atoms with Crippen LogP contribution in [0.25, 0.3) is 10.9 Å². The van der Waals surface area contributed by atoms with Crippen LogP contribution in [-0.2, 0) is 4.74 Å². The predicted octanol–water partition coefficient (Wildman–Crippen LogP) is 3.13. The van der Waals surface area contributed by atoms with Crippen LogP contribution in [0.5, 0.6) is 0 Å². The van der Waals surface area contributed by atoms with Crippen molar-refractivity contribution in [3.05, 3.63) is 54.1 Å². The molecular weight excluding hydrogens is 320 g/mol. The first-order valence-electron chi connectivity index (χ1n) is 7.77. The molecule has 0 fully saturated rings. The first kappa shape index (κ1) is 16.7. The van der Waals surface area contributed by atoms with Crippen LogP contribution in [0, 0.1) is 0 Å². The Labute approximate surface area is 144 Å². The lowest BCUT2D eigenvalue weighted by molar-refractivity contribution is 0.0697. The number of rotatable bonds is 7. The van der Waals surface area contributed by atoms with Gasteiger partial charge in [-0.3, -0.25) is 0 Å². The van der Waals surface area contributed by atoms with Crippen molar-refractivity contribution >= 4 is 34.3 Å². The van der Waals surface area contributed by atoms with Gasteiger partial charge in [0.15, 0.2) is 0 Å². The quantitative estimate of drug-likeness (QED) is 0.569. The number of ether oxygens (including phenoxy) is 1. The number of para-hydroxylation sites is 1. The summed E-state index contributed by atoms with van der Waals surface area (Å²) in [6.45, 7) is 1.17. The highest BCUT2D eigenvalue weighted by molar-refractivity contribution is 5.91. The van der Waals surface area contributed by atoms with Gasteiger partial charge in [0.25, 0.3) is 0 Å². The highest BCUT2D eigenvalue weighted by atomic mass is 16.5. The van der Waals surface area contributed by atoms with E-state index in [0.717, 1.165) is 10.9 Å². The Morgan fingerprint density at radius 2 is 2.00 bits per heavy atom. The first-order valence-corrected chi connectivity index (χ1v) is 7.77. The second-order valence-corrected chi connectivity index (χ2v) is 5.34. The molecular formula is C18H18N4O3. The van der Waals surface area contributed by atoms with Crippen LogP contribution >= 0.6 is 0 Å². The number of carboxylic acids is 1. The number of carboxylic acid groups (broad SMARTS) is 1. The van der Waals surface area contributed by atoms with Gasteiger partial charge in [0.05, 0.1) is 17.7 Å². The Morgan fingerprint density at radius 1 is 1.16 bits per heavy atom. The van der Waals surface area contributed by atoms with E-state index in [0.29, 0.717) is 30.6 Å². The molecule has 0 unspecified atom stereocenters. The van der Waals surface area contributed by atoms with Gasteiger partial charge in [-0.15, -0.1) is 0 Å². The van der Waals surface area contributed by atoms with Gasteiger partial charge in [0.2, 0.25) is 5.95 Å². The number of anilines is 3. The SMILES string of the molecule is COCCNc1nc(Nc2cccc(C(=O)O)c2)nc2ccccc12. The maximum Gasteiger partial charge on any atom is 0.335 e. The van der Waals surface area contributed by atoms with Gasteiger partial charge in [-0.05, 0) is 30.3 Å². The minimum absolute atomic E-state index is 0.198. The minimum atomic E-state index is -0.981. The Hall–Kier alpha value is -3.19. The van der Waals surface area contributed by atoms with Gasteiger partial charge in [-0.1, -0.05) is 18.2 Å². The fourth-order valence-corrected chi connectivity index (χ4v) is 2.40.